The van der Waals surface area contributed by atoms with E-state index < -0.39 is 17.9 Å². The van der Waals surface area contributed by atoms with E-state index in [0.717, 1.165) is 0 Å². The van der Waals surface area contributed by atoms with Gasteiger partial charge in [0.25, 0.3) is 0 Å². The Balaban J connectivity index is 2.91. The van der Waals surface area contributed by atoms with E-state index in [9.17, 15) is 24.6 Å². The van der Waals surface area contributed by atoms with Crippen molar-refractivity contribution >= 4 is 17.9 Å². The molecule has 1 aliphatic heterocycles. The Morgan fingerprint density at radius 2 is 1.55 bits per heavy atom. The summed E-state index contributed by atoms with van der Waals surface area (Å²) in [4.78, 5) is 34.0. The van der Waals surface area contributed by atoms with Gasteiger partial charge in [-0.3, -0.25) is 4.79 Å². The SMILES string of the molecule is COC(=O)CCCCC1C(C(=O)O)=C(C)NC(C)=C1C(=O)O. The van der Waals surface area contributed by atoms with Crippen LogP contribution >= 0.6 is 0 Å². The molecule has 0 unspecified atom stereocenters. The van der Waals surface area contributed by atoms with Gasteiger partial charge in [0.1, 0.15) is 0 Å². The van der Waals surface area contributed by atoms with Gasteiger partial charge in [-0.25, -0.2) is 9.59 Å². The van der Waals surface area contributed by atoms with Gasteiger partial charge in [0.15, 0.2) is 0 Å². The van der Waals surface area contributed by atoms with Crippen molar-refractivity contribution in [3.05, 3.63) is 22.5 Å². The monoisotopic (exact) mass is 311 g/mol. The number of carbonyl (C=O) groups excluding carboxylic acids is 1. The molecule has 7 nitrogen and oxygen atoms in total. The summed E-state index contributed by atoms with van der Waals surface area (Å²) >= 11 is 0. The normalized spacial score (nSPS) is 15.6. The highest BCUT2D eigenvalue weighted by Gasteiger charge is 2.34. The number of dihydropyridines is 1. The Kier molecular flexibility index (Phi) is 6.15. The second kappa shape index (κ2) is 7.63. The number of unbranched alkanes of at least 4 members (excludes halogenated alkanes) is 1. The van der Waals surface area contributed by atoms with Crippen LogP contribution in [0.4, 0.5) is 0 Å². The van der Waals surface area contributed by atoms with E-state index in [1.807, 2.05) is 0 Å². The summed E-state index contributed by atoms with van der Waals surface area (Å²) in [7, 11) is 1.30. The summed E-state index contributed by atoms with van der Waals surface area (Å²) < 4.78 is 4.54. The fourth-order valence-corrected chi connectivity index (χ4v) is 2.71. The highest BCUT2D eigenvalue weighted by Crippen LogP contribution is 2.33. The second-order valence-corrected chi connectivity index (χ2v) is 5.19. The molecular formula is C15H21NO6. The highest BCUT2D eigenvalue weighted by molar-refractivity contribution is 5.96. The van der Waals surface area contributed by atoms with Crippen LogP contribution in [0.3, 0.4) is 0 Å². The zero-order valence-corrected chi connectivity index (χ0v) is 12.9. The number of carboxylic acids is 2. The number of rotatable bonds is 7. The Labute approximate surface area is 128 Å². The number of methoxy groups -OCH3 is 1. The van der Waals surface area contributed by atoms with Crippen molar-refractivity contribution in [1.29, 1.82) is 0 Å². The number of hydrogen-bond acceptors (Lipinski definition) is 5. The van der Waals surface area contributed by atoms with Crippen molar-refractivity contribution in [2.45, 2.75) is 39.5 Å². The van der Waals surface area contributed by atoms with Gasteiger partial charge in [0.05, 0.1) is 18.3 Å². The minimum absolute atomic E-state index is 0.0704. The standard InChI is InChI=1S/C15H21NO6/c1-8-12(14(18)19)10(6-4-5-7-11(17)22-3)13(15(20)21)9(2)16-8/h10,16H,4-7H2,1-3H3,(H,18,19)(H,20,21). The van der Waals surface area contributed by atoms with Crippen molar-refractivity contribution in [2.75, 3.05) is 7.11 Å². The average molecular weight is 311 g/mol. The number of ether oxygens (including phenoxy) is 1. The zero-order chi connectivity index (χ0) is 16.9. The Hall–Kier alpha value is -2.31. The molecule has 3 N–H and O–H groups in total. The van der Waals surface area contributed by atoms with Crippen molar-refractivity contribution < 1.29 is 29.3 Å². The molecule has 1 aliphatic rings. The van der Waals surface area contributed by atoms with Crippen LogP contribution in [0.15, 0.2) is 22.5 Å². The average Bonchev–Trinajstić information content (AvgIpc) is 2.41. The molecule has 0 aromatic heterocycles. The maximum Gasteiger partial charge on any atom is 0.333 e. The Bertz CT molecular complexity index is 510. The summed E-state index contributed by atoms with van der Waals surface area (Å²) in [5, 5.41) is 21.5. The highest BCUT2D eigenvalue weighted by atomic mass is 16.5. The van der Waals surface area contributed by atoms with Crippen LogP contribution in [-0.2, 0) is 19.1 Å². The summed E-state index contributed by atoms with van der Waals surface area (Å²) in [6, 6.07) is 0. The van der Waals surface area contributed by atoms with Crippen molar-refractivity contribution in [2.24, 2.45) is 5.92 Å². The maximum atomic E-state index is 11.4. The topological polar surface area (TPSA) is 113 Å². The zero-order valence-electron chi connectivity index (χ0n) is 12.9. The number of carbonyl (C=O) groups is 3. The number of esters is 1. The van der Waals surface area contributed by atoms with Gasteiger partial charge in [-0.15, -0.1) is 0 Å². The van der Waals surface area contributed by atoms with Crippen LogP contribution in [-0.4, -0.2) is 35.2 Å². The van der Waals surface area contributed by atoms with Crippen LogP contribution in [0.5, 0.6) is 0 Å². The lowest BCUT2D eigenvalue weighted by atomic mass is 9.82. The lowest BCUT2D eigenvalue weighted by Gasteiger charge is -2.28. The molecule has 0 radical (unpaired) electrons. The predicted octanol–water partition coefficient (Wildman–Crippen LogP) is 1.66. The molecule has 0 bridgehead atoms. The van der Waals surface area contributed by atoms with Crippen LogP contribution in [0.1, 0.15) is 39.5 Å². The maximum absolute atomic E-state index is 11.4. The minimum Gasteiger partial charge on any atom is -0.478 e. The fraction of sp³-hybridized carbons (Fsp3) is 0.533. The van der Waals surface area contributed by atoms with E-state index in [4.69, 9.17) is 0 Å². The van der Waals surface area contributed by atoms with Gasteiger partial charge in [0.2, 0.25) is 0 Å². The van der Waals surface area contributed by atoms with Crippen molar-refractivity contribution in [3.63, 3.8) is 0 Å². The number of nitrogens with one attached hydrogen (secondary N) is 1. The summed E-state index contributed by atoms with van der Waals surface area (Å²) in [5.74, 6) is -3.28. The first-order valence-corrected chi connectivity index (χ1v) is 7.01. The lowest BCUT2D eigenvalue weighted by molar-refractivity contribution is -0.141. The van der Waals surface area contributed by atoms with E-state index in [-0.39, 0.29) is 23.5 Å². The molecule has 0 atom stereocenters. The molecular weight excluding hydrogens is 290 g/mol. The summed E-state index contributed by atoms with van der Waals surface area (Å²) in [6.07, 6.45) is 1.65. The van der Waals surface area contributed by atoms with E-state index in [2.05, 4.69) is 10.1 Å². The lowest BCUT2D eigenvalue weighted by Crippen LogP contribution is -2.32. The fourth-order valence-electron chi connectivity index (χ4n) is 2.71. The molecule has 1 heterocycles. The molecule has 0 aliphatic carbocycles. The number of allylic oxidation sites excluding steroid dienone is 2. The third-order valence-electron chi connectivity index (χ3n) is 3.69. The smallest absolute Gasteiger partial charge is 0.333 e. The first kappa shape index (κ1) is 17.7. The second-order valence-electron chi connectivity index (χ2n) is 5.19. The molecule has 0 saturated heterocycles. The largest absolute Gasteiger partial charge is 0.478 e. The van der Waals surface area contributed by atoms with Crippen LogP contribution in [0.25, 0.3) is 0 Å². The molecule has 0 aromatic carbocycles. The molecule has 0 amide bonds. The Morgan fingerprint density at radius 1 is 1.05 bits per heavy atom. The van der Waals surface area contributed by atoms with Gasteiger partial charge >= 0.3 is 17.9 Å². The van der Waals surface area contributed by atoms with E-state index in [1.54, 1.807) is 13.8 Å². The van der Waals surface area contributed by atoms with Crippen LogP contribution in [0.2, 0.25) is 0 Å². The number of carboxylic acid groups (broad SMARTS) is 2. The molecule has 22 heavy (non-hydrogen) atoms. The van der Waals surface area contributed by atoms with E-state index in [1.165, 1.54) is 7.11 Å². The van der Waals surface area contributed by atoms with E-state index in [0.29, 0.717) is 30.7 Å². The van der Waals surface area contributed by atoms with Crippen molar-refractivity contribution in [1.82, 2.24) is 5.32 Å². The molecule has 0 spiro atoms. The quantitative estimate of drug-likeness (QED) is 0.484. The summed E-state index contributed by atoms with van der Waals surface area (Å²) in [5.41, 5.74) is 1.04. The minimum atomic E-state index is -1.13. The first-order chi connectivity index (χ1) is 10.3. The van der Waals surface area contributed by atoms with E-state index >= 15 is 0 Å². The third kappa shape index (κ3) is 4.09. The molecule has 122 valence electrons. The summed E-state index contributed by atoms with van der Waals surface area (Å²) in [6.45, 7) is 3.24. The molecule has 0 aromatic rings. The first-order valence-electron chi connectivity index (χ1n) is 7.01. The van der Waals surface area contributed by atoms with Crippen LogP contribution < -0.4 is 5.32 Å². The third-order valence-corrected chi connectivity index (χ3v) is 3.69. The predicted molar refractivity (Wildman–Crippen MR) is 77.8 cm³/mol. The molecule has 1 rings (SSSR count). The molecule has 7 heteroatoms. The van der Waals surface area contributed by atoms with Crippen LogP contribution in [0, 0.1) is 5.92 Å². The van der Waals surface area contributed by atoms with Gasteiger partial charge in [-0.05, 0) is 26.7 Å². The van der Waals surface area contributed by atoms with Gasteiger partial charge < -0.3 is 20.3 Å². The molecule has 0 fully saturated rings. The van der Waals surface area contributed by atoms with Crippen molar-refractivity contribution in [3.8, 4) is 0 Å². The van der Waals surface area contributed by atoms with Gasteiger partial charge in [0, 0.05) is 23.7 Å². The van der Waals surface area contributed by atoms with Gasteiger partial charge in [-0.2, -0.15) is 0 Å². The van der Waals surface area contributed by atoms with Gasteiger partial charge in [-0.1, -0.05) is 6.42 Å². The number of aliphatic carboxylic acids is 2. The number of hydrogen-bond donors (Lipinski definition) is 3. The molecule has 0 saturated carbocycles. The Morgan fingerprint density at radius 3 is 1.95 bits per heavy atom.